The molecule has 3 nitrogen and oxygen atoms in total. The molecule has 0 aliphatic rings. The molecule has 2 aromatic carbocycles. The van der Waals surface area contributed by atoms with Gasteiger partial charge in [-0.05, 0) is 23.6 Å². The van der Waals surface area contributed by atoms with Crippen LogP contribution in [0, 0.1) is 5.92 Å². The number of nitrogens with one attached hydrogen (secondary N) is 2. The average molecular weight is 306 g/mol. The molecule has 0 radical (unpaired) electrons. The summed E-state index contributed by atoms with van der Waals surface area (Å²) in [6.07, 6.45) is 5.93. The van der Waals surface area contributed by atoms with Crippen molar-refractivity contribution in [1.82, 2.24) is 10.9 Å². The van der Waals surface area contributed by atoms with Gasteiger partial charge in [0.2, 0.25) is 0 Å². The van der Waals surface area contributed by atoms with E-state index in [1.807, 2.05) is 66.8 Å². The van der Waals surface area contributed by atoms with Gasteiger partial charge >= 0.3 is 0 Å². The molecule has 0 aliphatic carbocycles. The normalized spacial score (nSPS) is 13.4. The molecule has 118 valence electrons. The Bertz CT molecular complexity index is 650. The Labute approximate surface area is 137 Å². The molecule has 0 heterocycles. The first-order chi connectivity index (χ1) is 11.2. The summed E-state index contributed by atoms with van der Waals surface area (Å²) < 4.78 is 0. The van der Waals surface area contributed by atoms with Crippen LogP contribution in [-0.2, 0) is 0 Å². The number of carbonyl (C=O) groups excluding carboxylic acids is 1. The van der Waals surface area contributed by atoms with E-state index in [9.17, 15) is 4.79 Å². The average Bonchev–Trinajstić information content (AvgIpc) is 2.62. The van der Waals surface area contributed by atoms with Gasteiger partial charge in [0, 0.05) is 5.56 Å². The van der Waals surface area contributed by atoms with Crippen molar-refractivity contribution in [2.75, 3.05) is 0 Å². The lowest BCUT2D eigenvalue weighted by molar-refractivity contribution is 0.0926. The van der Waals surface area contributed by atoms with Crippen LogP contribution in [0.15, 0.2) is 79.4 Å². The van der Waals surface area contributed by atoms with Crippen molar-refractivity contribution in [3.8, 4) is 0 Å². The number of hydrogen-bond donors (Lipinski definition) is 2. The smallest absolute Gasteiger partial charge is 0.265 e. The monoisotopic (exact) mass is 306 g/mol. The summed E-state index contributed by atoms with van der Waals surface area (Å²) in [5, 5.41) is 0. The zero-order valence-electron chi connectivity index (χ0n) is 13.3. The maximum atomic E-state index is 12.1. The van der Waals surface area contributed by atoms with Gasteiger partial charge in [-0.3, -0.25) is 10.2 Å². The van der Waals surface area contributed by atoms with E-state index in [-0.39, 0.29) is 17.9 Å². The van der Waals surface area contributed by atoms with Gasteiger partial charge in [0.1, 0.15) is 0 Å². The van der Waals surface area contributed by atoms with Gasteiger partial charge in [0.25, 0.3) is 5.91 Å². The topological polar surface area (TPSA) is 41.1 Å². The third kappa shape index (κ3) is 5.24. The zero-order chi connectivity index (χ0) is 16.5. The summed E-state index contributed by atoms with van der Waals surface area (Å²) in [5.74, 6) is 0.0195. The van der Waals surface area contributed by atoms with Crippen LogP contribution in [0.3, 0.4) is 0 Å². The standard InChI is InChI=1S/C20H22N2O/c1-3-16(2)19(15-14-17-10-6-4-7-11-17)21-22-20(23)18-12-8-5-9-13-18/h3-16,19,21H,1H2,2H3,(H,22,23)/b15-14+/t16-,19+/m1/s1. The third-order valence-electron chi connectivity index (χ3n) is 3.62. The van der Waals surface area contributed by atoms with Gasteiger partial charge in [-0.1, -0.05) is 73.7 Å². The number of benzene rings is 2. The molecule has 2 rings (SSSR count). The molecule has 2 aromatic rings. The second-order valence-corrected chi connectivity index (χ2v) is 5.35. The molecule has 0 saturated carbocycles. The lowest BCUT2D eigenvalue weighted by Gasteiger charge is -2.20. The van der Waals surface area contributed by atoms with E-state index < -0.39 is 0 Å². The first-order valence-corrected chi connectivity index (χ1v) is 7.67. The molecule has 2 N–H and O–H groups in total. The van der Waals surface area contributed by atoms with Gasteiger partial charge in [0.15, 0.2) is 0 Å². The largest absolute Gasteiger partial charge is 0.287 e. The molecule has 3 heteroatoms. The van der Waals surface area contributed by atoms with Crippen LogP contribution in [-0.4, -0.2) is 11.9 Å². The maximum Gasteiger partial charge on any atom is 0.265 e. The van der Waals surface area contributed by atoms with Crippen molar-refractivity contribution >= 4 is 12.0 Å². The van der Waals surface area contributed by atoms with E-state index in [0.717, 1.165) is 5.56 Å². The first kappa shape index (κ1) is 16.7. The number of amides is 1. The molecule has 0 aromatic heterocycles. The highest BCUT2D eigenvalue weighted by atomic mass is 16.2. The fraction of sp³-hybridized carbons (Fsp3) is 0.150. The second-order valence-electron chi connectivity index (χ2n) is 5.35. The van der Waals surface area contributed by atoms with E-state index >= 15 is 0 Å². The summed E-state index contributed by atoms with van der Waals surface area (Å²) in [7, 11) is 0. The Morgan fingerprint density at radius 1 is 1.04 bits per heavy atom. The predicted octanol–water partition coefficient (Wildman–Crippen LogP) is 3.83. The first-order valence-electron chi connectivity index (χ1n) is 7.67. The molecule has 1 amide bonds. The van der Waals surface area contributed by atoms with Crippen molar-refractivity contribution in [3.05, 3.63) is 90.5 Å². The van der Waals surface area contributed by atoms with Crippen LogP contribution in [0.2, 0.25) is 0 Å². The number of hydrogen-bond acceptors (Lipinski definition) is 2. The van der Waals surface area contributed by atoms with Crippen molar-refractivity contribution in [2.45, 2.75) is 13.0 Å². The lowest BCUT2D eigenvalue weighted by Crippen LogP contribution is -2.45. The minimum Gasteiger partial charge on any atom is -0.287 e. The maximum absolute atomic E-state index is 12.1. The summed E-state index contributed by atoms with van der Waals surface area (Å²) in [6.45, 7) is 5.89. The van der Waals surface area contributed by atoms with Gasteiger partial charge in [-0.15, -0.1) is 6.58 Å². The molecular formula is C20H22N2O. The van der Waals surface area contributed by atoms with Crippen LogP contribution >= 0.6 is 0 Å². The SMILES string of the molecule is C=C[C@@H](C)[C@H](/C=C/c1ccccc1)NNC(=O)c1ccccc1. The molecule has 0 unspecified atom stereocenters. The van der Waals surface area contributed by atoms with Gasteiger partial charge in [-0.2, -0.15) is 0 Å². The minimum absolute atomic E-state index is 0.0413. The molecule has 0 saturated heterocycles. The Hall–Kier alpha value is -2.65. The number of carbonyl (C=O) groups is 1. The fourth-order valence-electron chi connectivity index (χ4n) is 2.09. The van der Waals surface area contributed by atoms with Crippen LogP contribution in [0.1, 0.15) is 22.8 Å². The van der Waals surface area contributed by atoms with Crippen LogP contribution < -0.4 is 10.9 Å². The second kappa shape index (κ2) is 8.71. The zero-order valence-corrected chi connectivity index (χ0v) is 13.3. The lowest BCUT2D eigenvalue weighted by atomic mass is 10.0. The number of hydrazine groups is 1. The Kier molecular flexibility index (Phi) is 6.33. The molecule has 0 aliphatic heterocycles. The van der Waals surface area contributed by atoms with Gasteiger partial charge in [-0.25, -0.2) is 5.43 Å². The summed E-state index contributed by atoms with van der Waals surface area (Å²) in [5.41, 5.74) is 7.58. The quantitative estimate of drug-likeness (QED) is 0.603. The van der Waals surface area contributed by atoms with Gasteiger partial charge < -0.3 is 0 Å². The predicted molar refractivity (Wildman–Crippen MR) is 95.7 cm³/mol. The molecular weight excluding hydrogens is 284 g/mol. The van der Waals surface area contributed by atoms with Crippen molar-refractivity contribution in [2.24, 2.45) is 5.92 Å². The number of rotatable bonds is 7. The van der Waals surface area contributed by atoms with E-state index in [0.29, 0.717) is 5.56 Å². The highest BCUT2D eigenvalue weighted by Crippen LogP contribution is 2.09. The fourth-order valence-corrected chi connectivity index (χ4v) is 2.09. The summed E-state index contributed by atoms with van der Waals surface area (Å²) in [6, 6.07) is 19.1. The van der Waals surface area contributed by atoms with E-state index in [4.69, 9.17) is 0 Å². The molecule has 0 fully saturated rings. The third-order valence-corrected chi connectivity index (χ3v) is 3.62. The van der Waals surface area contributed by atoms with Crippen molar-refractivity contribution < 1.29 is 4.79 Å². The van der Waals surface area contributed by atoms with E-state index in [1.165, 1.54) is 0 Å². The highest BCUT2D eigenvalue weighted by Gasteiger charge is 2.12. The molecule has 0 spiro atoms. The van der Waals surface area contributed by atoms with Crippen molar-refractivity contribution in [1.29, 1.82) is 0 Å². The Morgan fingerprint density at radius 3 is 2.26 bits per heavy atom. The highest BCUT2D eigenvalue weighted by molar-refractivity contribution is 5.93. The summed E-state index contributed by atoms with van der Waals surface area (Å²) >= 11 is 0. The van der Waals surface area contributed by atoms with Crippen LogP contribution in [0.4, 0.5) is 0 Å². The molecule has 23 heavy (non-hydrogen) atoms. The molecule has 0 bridgehead atoms. The van der Waals surface area contributed by atoms with Crippen molar-refractivity contribution in [3.63, 3.8) is 0 Å². The van der Waals surface area contributed by atoms with E-state index in [2.05, 4.69) is 24.4 Å². The Morgan fingerprint density at radius 2 is 1.65 bits per heavy atom. The Balaban J connectivity index is 2.00. The van der Waals surface area contributed by atoms with Crippen LogP contribution in [0.5, 0.6) is 0 Å². The minimum atomic E-state index is -0.153. The summed E-state index contributed by atoms with van der Waals surface area (Å²) in [4.78, 5) is 12.1. The van der Waals surface area contributed by atoms with Gasteiger partial charge in [0.05, 0.1) is 6.04 Å². The van der Waals surface area contributed by atoms with Crippen LogP contribution in [0.25, 0.3) is 6.08 Å². The molecule has 2 atom stereocenters. The van der Waals surface area contributed by atoms with E-state index in [1.54, 1.807) is 12.1 Å².